The SMILES string of the molecule is CCCCCCCCCCCCCCCCCCOc1cc(COC(=O)CCC(=O)OCC2CN(C(c3ccccc3)(c3ccccc3)c3ccccc3)CC(n3ccc(NC(=O)c4ccccc4)nc3=O)O2)cc(C)c1C. The van der Waals surface area contributed by atoms with Crippen LogP contribution in [0.15, 0.2) is 151 Å². The van der Waals surface area contributed by atoms with E-state index in [-0.39, 0.29) is 38.4 Å². The van der Waals surface area contributed by atoms with Crippen LogP contribution >= 0.6 is 0 Å². The molecule has 0 radical (unpaired) electrons. The van der Waals surface area contributed by atoms with Gasteiger partial charge in [-0.3, -0.25) is 23.9 Å². The minimum atomic E-state index is -0.901. The standard InChI is InChI=1S/C66H82N4O8/c1-4-5-6-7-8-9-10-11-12-13-14-15-16-17-18-31-44-75-59-46-53(45-51(2)52(59)3)49-76-62(71)40-41-63(72)77-50-58-47-69(48-61(78-58)70-43-42-60(68-65(70)74)67-64(73)54-32-23-19-24-33-54)66(55-34-25-20-26-35-55,56-36-27-21-28-37-56)57-38-29-22-30-39-57/h19-30,32-39,42-43,45-46,58,61H,4-18,31,40-41,44,47-50H2,1-3H3,(H,67,68,73,74). The van der Waals surface area contributed by atoms with Crippen molar-refractivity contribution in [3.05, 3.63) is 195 Å². The Kier molecular flexibility index (Phi) is 23.7. The number of aryl methyl sites for hydroxylation is 1. The van der Waals surface area contributed by atoms with Crippen LogP contribution in [0.4, 0.5) is 5.82 Å². The molecule has 414 valence electrons. The second kappa shape index (κ2) is 31.5. The molecule has 1 aliphatic heterocycles. The van der Waals surface area contributed by atoms with Crippen LogP contribution in [0.2, 0.25) is 0 Å². The zero-order valence-electron chi connectivity index (χ0n) is 46.4. The van der Waals surface area contributed by atoms with E-state index in [2.05, 4.69) is 58.5 Å². The molecule has 0 bridgehead atoms. The summed E-state index contributed by atoms with van der Waals surface area (Å²) in [6.45, 7) is 7.40. The number of aromatic nitrogens is 2. The molecule has 12 nitrogen and oxygen atoms in total. The lowest BCUT2D eigenvalue weighted by molar-refractivity contribution is -0.171. The van der Waals surface area contributed by atoms with Gasteiger partial charge in [-0.05, 0) is 77.9 Å². The molecule has 1 aromatic heterocycles. The number of benzene rings is 5. The molecule has 12 heteroatoms. The highest BCUT2D eigenvalue weighted by molar-refractivity contribution is 6.03. The van der Waals surface area contributed by atoms with Crippen LogP contribution in [-0.4, -0.2) is 64.7 Å². The predicted octanol–water partition coefficient (Wildman–Crippen LogP) is 14.0. The molecule has 1 aliphatic rings. The molecule has 2 unspecified atom stereocenters. The summed E-state index contributed by atoms with van der Waals surface area (Å²) in [5.41, 5.74) is 4.79. The molecule has 1 saturated heterocycles. The van der Waals surface area contributed by atoms with E-state index in [0.29, 0.717) is 18.7 Å². The molecule has 1 N–H and O–H groups in total. The average Bonchev–Trinajstić information content (AvgIpc) is 3.65. The third-order valence-electron chi connectivity index (χ3n) is 14.9. The number of carbonyl (C=O) groups excluding carboxylic acids is 3. The minimum Gasteiger partial charge on any atom is -0.493 e. The van der Waals surface area contributed by atoms with Crippen LogP contribution in [0.1, 0.15) is 172 Å². The second-order valence-electron chi connectivity index (χ2n) is 20.8. The maximum absolute atomic E-state index is 14.0. The number of nitrogens with one attached hydrogen (secondary N) is 1. The van der Waals surface area contributed by atoms with Crippen LogP contribution < -0.4 is 15.7 Å². The zero-order valence-corrected chi connectivity index (χ0v) is 46.4. The van der Waals surface area contributed by atoms with Gasteiger partial charge in [0.15, 0.2) is 6.23 Å². The highest BCUT2D eigenvalue weighted by Gasteiger charge is 2.46. The first-order valence-electron chi connectivity index (χ1n) is 28.7. The first kappa shape index (κ1) is 58.8. The number of hydrogen-bond donors (Lipinski definition) is 1. The van der Waals surface area contributed by atoms with Crippen molar-refractivity contribution in [2.45, 2.75) is 161 Å². The van der Waals surface area contributed by atoms with Crippen LogP contribution in [-0.2, 0) is 35.9 Å². The van der Waals surface area contributed by atoms with Gasteiger partial charge in [-0.25, -0.2) is 4.79 Å². The summed E-state index contributed by atoms with van der Waals surface area (Å²) in [6, 6.07) is 44.7. The lowest BCUT2D eigenvalue weighted by Gasteiger charge is -2.50. The van der Waals surface area contributed by atoms with Gasteiger partial charge < -0.3 is 24.3 Å². The summed E-state index contributed by atoms with van der Waals surface area (Å²) >= 11 is 0. The van der Waals surface area contributed by atoms with Crippen LogP contribution in [0.25, 0.3) is 0 Å². The van der Waals surface area contributed by atoms with Crippen molar-refractivity contribution in [2.24, 2.45) is 0 Å². The molecule has 2 atom stereocenters. The number of nitrogens with zero attached hydrogens (tertiary/aromatic N) is 3. The lowest BCUT2D eigenvalue weighted by Crippen LogP contribution is -2.58. The van der Waals surface area contributed by atoms with Crippen LogP contribution in [0.3, 0.4) is 0 Å². The van der Waals surface area contributed by atoms with Gasteiger partial charge in [0.05, 0.1) is 25.0 Å². The van der Waals surface area contributed by atoms with Gasteiger partial charge in [-0.15, -0.1) is 0 Å². The predicted molar refractivity (Wildman–Crippen MR) is 309 cm³/mol. The van der Waals surface area contributed by atoms with E-state index < -0.39 is 41.4 Å². The molecule has 0 aliphatic carbocycles. The third kappa shape index (κ3) is 17.3. The molecule has 2 heterocycles. The van der Waals surface area contributed by atoms with Crippen molar-refractivity contribution in [3.63, 3.8) is 0 Å². The highest BCUT2D eigenvalue weighted by atomic mass is 16.6. The summed E-state index contributed by atoms with van der Waals surface area (Å²) in [4.78, 5) is 60.0. The Morgan fingerprint density at radius 1 is 0.628 bits per heavy atom. The van der Waals surface area contributed by atoms with E-state index in [0.717, 1.165) is 52.0 Å². The van der Waals surface area contributed by atoms with Crippen molar-refractivity contribution < 1.29 is 33.3 Å². The molecule has 78 heavy (non-hydrogen) atoms. The fraction of sp³-hybridized carbons (Fsp3) is 0.439. The lowest BCUT2D eigenvalue weighted by atomic mass is 9.75. The van der Waals surface area contributed by atoms with E-state index in [1.54, 1.807) is 36.5 Å². The minimum absolute atomic E-state index is 0.0537. The number of unbranched alkanes of at least 4 members (excludes halogenated alkanes) is 15. The van der Waals surface area contributed by atoms with E-state index in [9.17, 15) is 19.2 Å². The molecule has 6 aromatic rings. The molecular weight excluding hydrogens is 977 g/mol. The largest absolute Gasteiger partial charge is 0.493 e. The van der Waals surface area contributed by atoms with E-state index >= 15 is 0 Å². The molecule has 7 rings (SSSR count). The fourth-order valence-corrected chi connectivity index (χ4v) is 10.6. The monoisotopic (exact) mass is 1060 g/mol. The number of amides is 1. The number of anilines is 1. The topological polar surface area (TPSA) is 138 Å². The van der Waals surface area contributed by atoms with Gasteiger partial charge in [0.25, 0.3) is 5.91 Å². The highest BCUT2D eigenvalue weighted by Crippen LogP contribution is 2.44. The third-order valence-corrected chi connectivity index (χ3v) is 14.9. The molecule has 0 spiro atoms. The van der Waals surface area contributed by atoms with Gasteiger partial charge in [-0.1, -0.05) is 218 Å². The maximum Gasteiger partial charge on any atom is 0.351 e. The molecule has 1 fully saturated rings. The van der Waals surface area contributed by atoms with Crippen molar-refractivity contribution in [2.75, 3.05) is 31.6 Å². The van der Waals surface area contributed by atoms with Crippen LogP contribution in [0.5, 0.6) is 5.75 Å². The van der Waals surface area contributed by atoms with Gasteiger partial charge in [0.1, 0.15) is 30.9 Å². The van der Waals surface area contributed by atoms with Crippen molar-refractivity contribution in [3.8, 4) is 5.75 Å². The summed E-state index contributed by atoms with van der Waals surface area (Å²) in [5, 5.41) is 2.72. The zero-order chi connectivity index (χ0) is 54.8. The Bertz CT molecular complexity index is 2710. The molecule has 5 aromatic carbocycles. The van der Waals surface area contributed by atoms with Gasteiger partial charge >= 0.3 is 17.6 Å². The van der Waals surface area contributed by atoms with Crippen LogP contribution in [0, 0.1) is 13.8 Å². The number of rotatable bonds is 32. The number of hydrogen-bond acceptors (Lipinski definition) is 10. The Labute approximate surface area is 462 Å². The van der Waals surface area contributed by atoms with Gasteiger partial charge in [0, 0.05) is 24.8 Å². The number of carbonyl (C=O) groups is 3. The summed E-state index contributed by atoms with van der Waals surface area (Å²) in [7, 11) is 0. The first-order valence-corrected chi connectivity index (χ1v) is 28.7. The Balaban J connectivity index is 0.927. The first-order chi connectivity index (χ1) is 38.1. The number of ether oxygens (including phenoxy) is 4. The van der Waals surface area contributed by atoms with E-state index in [1.165, 1.54) is 94.5 Å². The van der Waals surface area contributed by atoms with E-state index in [1.807, 2.05) is 86.6 Å². The van der Waals surface area contributed by atoms with Crippen molar-refractivity contribution in [1.82, 2.24) is 14.5 Å². The normalized spacial score (nSPS) is 14.7. The number of morpholine rings is 1. The molecular formula is C66H82N4O8. The Morgan fingerprint density at radius 2 is 1.13 bits per heavy atom. The average molecular weight is 1060 g/mol. The van der Waals surface area contributed by atoms with Gasteiger partial charge in [0.2, 0.25) is 0 Å². The van der Waals surface area contributed by atoms with Crippen molar-refractivity contribution >= 4 is 23.7 Å². The maximum atomic E-state index is 14.0. The van der Waals surface area contributed by atoms with Crippen molar-refractivity contribution in [1.29, 1.82) is 0 Å². The van der Waals surface area contributed by atoms with E-state index in [4.69, 9.17) is 18.9 Å². The van der Waals surface area contributed by atoms with Gasteiger partial charge in [-0.2, -0.15) is 4.98 Å². The summed E-state index contributed by atoms with van der Waals surface area (Å²) in [5.74, 6) is -0.606. The number of esters is 2. The summed E-state index contributed by atoms with van der Waals surface area (Å²) in [6.07, 6.45) is 20.7. The smallest absolute Gasteiger partial charge is 0.351 e. The second-order valence-corrected chi connectivity index (χ2v) is 20.8. The Morgan fingerprint density at radius 3 is 1.65 bits per heavy atom. The molecule has 0 saturated carbocycles. The fourth-order valence-electron chi connectivity index (χ4n) is 10.6. The summed E-state index contributed by atoms with van der Waals surface area (Å²) < 4.78 is 25.9. The Hall–Kier alpha value is -6.89. The molecule has 1 amide bonds. The quantitative estimate of drug-likeness (QED) is 0.0247.